The molecule has 1 saturated heterocycles. The second-order valence-corrected chi connectivity index (χ2v) is 5.67. The van der Waals surface area contributed by atoms with Crippen LogP contribution in [0.25, 0.3) is 0 Å². The van der Waals surface area contributed by atoms with Crippen LogP contribution in [0.5, 0.6) is 0 Å². The van der Waals surface area contributed by atoms with E-state index in [-0.39, 0.29) is 17.3 Å². The molecule has 2 rings (SSSR count). The lowest BCUT2D eigenvalue weighted by Crippen LogP contribution is -2.17. The van der Waals surface area contributed by atoms with Crippen LogP contribution >= 0.6 is 11.3 Å². The van der Waals surface area contributed by atoms with Crippen LogP contribution in [0.4, 0.5) is 13.2 Å². The van der Waals surface area contributed by atoms with Crippen molar-refractivity contribution in [3.8, 4) is 0 Å². The lowest BCUT2D eigenvalue weighted by atomic mass is 10.1. The Bertz CT molecular complexity index is 414. The lowest BCUT2D eigenvalue weighted by molar-refractivity contribution is -0.141. The summed E-state index contributed by atoms with van der Waals surface area (Å²) >= 11 is 1.16. The maximum atomic E-state index is 12.9. The van der Waals surface area contributed by atoms with Crippen molar-refractivity contribution in [3.63, 3.8) is 0 Å². The molecule has 2 heterocycles. The fourth-order valence-corrected chi connectivity index (χ4v) is 3.17. The largest absolute Gasteiger partial charge is 0.434 e. The van der Waals surface area contributed by atoms with Crippen molar-refractivity contribution in [2.24, 2.45) is 0 Å². The van der Waals surface area contributed by atoms with Crippen LogP contribution in [0.2, 0.25) is 0 Å². The van der Waals surface area contributed by atoms with Crippen LogP contribution in [0.15, 0.2) is 0 Å². The van der Waals surface area contributed by atoms with E-state index < -0.39 is 11.9 Å². The highest BCUT2D eigenvalue weighted by Gasteiger charge is 2.38. The molecule has 1 aliphatic heterocycles. The molecule has 7 heteroatoms. The molecule has 0 radical (unpaired) electrons. The van der Waals surface area contributed by atoms with Crippen LogP contribution in [-0.2, 0) is 17.5 Å². The molecule has 108 valence electrons. The minimum Gasteiger partial charge on any atom is -0.381 e. The summed E-state index contributed by atoms with van der Waals surface area (Å²) in [5.74, 6) is 0.0195. The molecule has 19 heavy (non-hydrogen) atoms. The van der Waals surface area contributed by atoms with Gasteiger partial charge in [0.2, 0.25) is 0 Å². The van der Waals surface area contributed by atoms with Gasteiger partial charge in [0.05, 0.1) is 16.5 Å². The molecule has 0 aliphatic carbocycles. The number of nitrogens with zero attached hydrogens (tertiary/aromatic N) is 1. The molecule has 1 fully saturated rings. The number of ether oxygens (including phenoxy) is 1. The van der Waals surface area contributed by atoms with Gasteiger partial charge in [-0.3, -0.25) is 0 Å². The third-order valence-corrected chi connectivity index (χ3v) is 4.19. The molecule has 1 aromatic rings. The Morgan fingerprint density at radius 2 is 2.26 bits per heavy atom. The van der Waals surface area contributed by atoms with Gasteiger partial charge in [-0.15, -0.1) is 11.3 Å². The van der Waals surface area contributed by atoms with Gasteiger partial charge in [0.15, 0.2) is 5.69 Å². The molecule has 1 unspecified atom stereocenters. The van der Waals surface area contributed by atoms with E-state index >= 15 is 0 Å². The number of alkyl halides is 3. The molecule has 0 amide bonds. The van der Waals surface area contributed by atoms with E-state index in [2.05, 4.69) is 10.3 Å². The molecule has 3 nitrogen and oxygen atoms in total. The van der Waals surface area contributed by atoms with Crippen molar-refractivity contribution in [3.05, 3.63) is 15.6 Å². The lowest BCUT2D eigenvalue weighted by Gasteiger charge is -2.06. The third-order valence-electron chi connectivity index (χ3n) is 2.97. The van der Waals surface area contributed by atoms with E-state index in [0.717, 1.165) is 24.2 Å². The number of aromatic nitrogens is 1. The number of rotatable bonds is 5. The number of nitrogens with one attached hydrogen (secondary N) is 1. The second-order valence-electron chi connectivity index (χ2n) is 4.56. The molecule has 0 spiro atoms. The van der Waals surface area contributed by atoms with E-state index in [1.807, 2.05) is 6.92 Å². The third kappa shape index (κ3) is 3.67. The van der Waals surface area contributed by atoms with Gasteiger partial charge in [-0.25, -0.2) is 4.98 Å². The molecule has 1 N–H and O–H groups in total. The van der Waals surface area contributed by atoms with Gasteiger partial charge >= 0.3 is 6.18 Å². The normalized spacial score (nSPS) is 20.1. The summed E-state index contributed by atoms with van der Waals surface area (Å²) in [6.07, 6.45) is -2.73. The van der Waals surface area contributed by atoms with Crippen molar-refractivity contribution in [1.82, 2.24) is 10.3 Å². The predicted octanol–water partition coefficient (Wildman–Crippen LogP) is 3.17. The van der Waals surface area contributed by atoms with E-state index in [4.69, 9.17) is 4.74 Å². The Labute approximate surface area is 114 Å². The SMILES string of the molecule is CCCNCc1sc(C2CCOC2)nc1C(F)(F)F. The number of halogens is 3. The van der Waals surface area contributed by atoms with Gasteiger partial charge in [0.25, 0.3) is 0 Å². The van der Waals surface area contributed by atoms with E-state index in [1.54, 1.807) is 0 Å². The van der Waals surface area contributed by atoms with Crippen molar-refractivity contribution < 1.29 is 17.9 Å². The Morgan fingerprint density at radius 3 is 2.84 bits per heavy atom. The second kappa shape index (κ2) is 6.19. The average Bonchev–Trinajstić information content (AvgIpc) is 2.96. The standard InChI is InChI=1S/C12H17F3N2OS/c1-2-4-16-6-9-10(12(13,14)15)17-11(19-9)8-3-5-18-7-8/h8,16H,2-7H2,1H3. The van der Waals surface area contributed by atoms with E-state index in [0.29, 0.717) is 24.8 Å². The summed E-state index contributed by atoms with van der Waals surface area (Å²) < 4.78 is 44.0. The van der Waals surface area contributed by atoms with Gasteiger partial charge in [-0.2, -0.15) is 13.2 Å². The molecular weight excluding hydrogens is 277 g/mol. The zero-order chi connectivity index (χ0) is 13.9. The Hall–Kier alpha value is -0.660. The quantitative estimate of drug-likeness (QED) is 0.847. The summed E-state index contributed by atoms with van der Waals surface area (Å²) in [5, 5.41) is 3.56. The van der Waals surface area contributed by atoms with Crippen LogP contribution < -0.4 is 5.32 Å². The number of hydrogen-bond donors (Lipinski definition) is 1. The first-order valence-corrected chi connectivity index (χ1v) is 7.19. The molecule has 0 saturated carbocycles. The molecule has 1 aromatic heterocycles. The van der Waals surface area contributed by atoms with Gasteiger partial charge in [0.1, 0.15) is 0 Å². The zero-order valence-corrected chi connectivity index (χ0v) is 11.5. The molecule has 1 aliphatic rings. The highest BCUT2D eigenvalue weighted by molar-refractivity contribution is 7.11. The zero-order valence-electron chi connectivity index (χ0n) is 10.7. The van der Waals surface area contributed by atoms with Crippen molar-refractivity contribution in [1.29, 1.82) is 0 Å². The van der Waals surface area contributed by atoms with E-state index in [1.165, 1.54) is 0 Å². The monoisotopic (exact) mass is 294 g/mol. The van der Waals surface area contributed by atoms with E-state index in [9.17, 15) is 13.2 Å². The Balaban J connectivity index is 2.18. The predicted molar refractivity (Wildman–Crippen MR) is 67.3 cm³/mol. The van der Waals surface area contributed by atoms with Crippen molar-refractivity contribution in [2.45, 2.75) is 38.4 Å². The average molecular weight is 294 g/mol. The fourth-order valence-electron chi connectivity index (χ4n) is 1.99. The topological polar surface area (TPSA) is 34.1 Å². The fraction of sp³-hybridized carbons (Fsp3) is 0.750. The first-order chi connectivity index (χ1) is 9.02. The van der Waals surface area contributed by atoms with Gasteiger partial charge in [-0.1, -0.05) is 6.92 Å². The van der Waals surface area contributed by atoms with Crippen molar-refractivity contribution in [2.75, 3.05) is 19.8 Å². The highest BCUT2D eigenvalue weighted by Crippen LogP contribution is 2.38. The van der Waals surface area contributed by atoms with Crippen LogP contribution in [0, 0.1) is 0 Å². The summed E-state index contributed by atoms with van der Waals surface area (Å²) in [6, 6.07) is 0. The highest BCUT2D eigenvalue weighted by atomic mass is 32.1. The van der Waals surface area contributed by atoms with Gasteiger partial charge in [-0.05, 0) is 19.4 Å². The Morgan fingerprint density at radius 1 is 1.47 bits per heavy atom. The molecular formula is C12H17F3N2OS. The first kappa shape index (κ1) is 14.7. The maximum absolute atomic E-state index is 12.9. The van der Waals surface area contributed by atoms with Crippen LogP contribution in [0.1, 0.15) is 41.3 Å². The molecule has 0 bridgehead atoms. The number of thiazole rings is 1. The number of hydrogen-bond acceptors (Lipinski definition) is 4. The minimum atomic E-state index is -4.38. The first-order valence-electron chi connectivity index (χ1n) is 6.37. The molecule has 0 aromatic carbocycles. The van der Waals surface area contributed by atoms with Crippen molar-refractivity contribution >= 4 is 11.3 Å². The summed E-state index contributed by atoms with van der Waals surface area (Å²) in [4.78, 5) is 4.10. The Kier molecular flexibility index (Phi) is 4.81. The maximum Gasteiger partial charge on any atom is 0.434 e. The summed E-state index contributed by atoms with van der Waals surface area (Å²) in [5.41, 5.74) is -0.733. The van der Waals surface area contributed by atoms with Gasteiger partial charge in [0, 0.05) is 19.1 Å². The van der Waals surface area contributed by atoms with Crippen LogP contribution in [0.3, 0.4) is 0 Å². The molecule has 1 atom stereocenters. The summed E-state index contributed by atoms with van der Waals surface area (Å²) in [6.45, 7) is 4.00. The minimum absolute atomic E-state index is 0.0195. The van der Waals surface area contributed by atoms with Crippen LogP contribution in [-0.4, -0.2) is 24.7 Å². The summed E-state index contributed by atoms with van der Waals surface area (Å²) in [7, 11) is 0. The van der Waals surface area contributed by atoms with Gasteiger partial charge < -0.3 is 10.1 Å². The smallest absolute Gasteiger partial charge is 0.381 e.